The molecule has 0 aliphatic heterocycles. The van der Waals surface area contributed by atoms with Gasteiger partial charge in [-0.2, -0.15) is 0 Å². The highest BCUT2D eigenvalue weighted by Crippen LogP contribution is 2.33. The summed E-state index contributed by atoms with van der Waals surface area (Å²) in [6, 6.07) is 16.6. The van der Waals surface area contributed by atoms with Crippen LogP contribution in [0.2, 0.25) is 0 Å². The number of hydrogen-bond donors (Lipinski definition) is 3. The van der Waals surface area contributed by atoms with Crippen LogP contribution in [0, 0.1) is 11.8 Å². The summed E-state index contributed by atoms with van der Waals surface area (Å²) < 4.78 is 5.93. The van der Waals surface area contributed by atoms with E-state index in [-0.39, 0.29) is 30.3 Å². The summed E-state index contributed by atoms with van der Waals surface area (Å²) in [4.78, 5) is 25.7. The molecule has 2 aromatic carbocycles. The normalized spacial score (nSPS) is 16.6. The number of hydrogen-bond acceptors (Lipinski definition) is 4. The second kappa shape index (κ2) is 13.3. The fraction of sp³-hybridized carbons (Fsp3) is 0.517. The molecule has 2 aromatic rings. The molecular formula is C29H41N3O3. The molecule has 0 saturated heterocycles. The molecule has 3 rings (SSSR count). The maximum Gasteiger partial charge on any atom is 0.237 e. The minimum Gasteiger partial charge on any atom is -0.493 e. The Hall–Kier alpha value is -2.86. The van der Waals surface area contributed by atoms with Gasteiger partial charge in [-0.15, -0.1) is 0 Å². The molecule has 6 nitrogen and oxygen atoms in total. The van der Waals surface area contributed by atoms with E-state index in [9.17, 15) is 9.59 Å². The van der Waals surface area contributed by atoms with Gasteiger partial charge in [0.25, 0.3) is 0 Å². The highest BCUT2D eigenvalue weighted by molar-refractivity contribution is 5.84. The van der Waals surface area contributed by atoms with E-state index in [0.29, 0.717) is 18.4 Å². The zero-order valence-corrected chi connectivity index (χ0v) is 21.3. The first kappa shape index (κ1) is 26.7. The van der Waals surface area contributed by atoms with E-state index in [4.69, 9.17) is 10.5 Å². The van der Waals surface area contributed by atoms with E-state index in [1.54, 1.807) is 0 Å². The summed E-state index contributed by atoms with van der Waals surface area (Å²) in [5.41, 5.74) is 7.95. The van der Waals surface area contributed by atoms with Gasteiger partial charge >= 0.3 is 0 Å². The van der Waals surface area contributed by atoms with Crippen molar-refractivity contribution in [1.82, 2.24) is 10.6 Å². The van der Waals surface area contributed by atoms with Crippen LogP contribution >= 0.6 is 0 Å². The van der Waals surface area contributed by atoms with Gasteiger partial charge in [-0.3, -0.25) is 9.59 Å². The van der Waals surface area contributed by atoms with E-state index in [1.807, 2.05) is 61.5 Å². The average Bonchev–Trinajstić information content (AvgIpc) is 3.69. The van der Waals surface area contributed by atoms with Crippen LogP contribution in [0.4, 0.5) is 0 Å². The molecule has 4 atom stereocenters. The third kappa shape index (κ3) is 8.70. The number of nitrogens with two attached hydrogens (primary N) is 1. The van der Waals surface area contributed by atoms with E-state index >= 15 is 0 Å². The van der Waals surface area contributed by atoms with Crippen molar-refractivity contribution in [2.75, 3.05) is 13.2 Å². The second-order valence-corrected chi connectivity index (χ2v) is 10.00. The van der Waals surface area contributed by atoms with Gasteiger partial charge in [-0.05, 0) is 54.9 Å². The molecular weight excluding hydrogens is 438 g/mol. The SMILES string of the molecule is CCCC(C)COc1ccc(C(CNC(=O)C(N)CC2CC2)NC(=O)C(C)c2ccccc2)cc1. The third-order valence-corrected chi connectivity index (χ3v) is 6.71. The summed E-state index contributed by atoms with van der Waals surface area (Å²) in [6.07, 6.45) is 5.30. The standard InChI is InChI=1S/C29H41N3O3/c1-4-8-20(2)19-35-25-15-13-24(14-16-25)27(18-31-29(34)26(30)17-22-11-12-22)32-28(33)21(3)23-9-6-5-7-10-23/h5-7,9-10,13-16,20-22,26-27H,4,8,11-12,17-19,30H2,1-3H3,(H,31,34)(H,32,33). The van der Waals surface area contributed by atoms with Gasteiger partial charge in [0.1, 0.15) is 5.75 Å². The predicted molar refractivity (Wildman–Crippen MR) is 140 cm³/mol. The Morgan fingerprint density at radius 2 is 1.69 bits per heavy atom. The van der Waals surface area contributed by atoms with E-state index in [0.717, 1.165) is 49.0 Å². The van der Waals surface area contributed by atoms with Crippen molar-refractivity contribution >= 4 is 11.8 Å². The predicted octanol–water partition coefficient (Wildman–Crippen LogP) is 4.71. The Kier molecular flexibility index (Phi) is 10.2. The summed E-state index contributed by atoms with van der Waals surface area (Å²) >= 11 is 0. The van der Waals surface area contributed by atoms with Crippen molar-refractivity contribution < 1.29 is 14.3 Å². The van der Waals surface area contributed by atoms with Gasteiger partial charge < -0.3 is 21.1 Å². The molecule has 1 aliphatic rings. The van der Waals surface area contributed by atoms with Crippen LogP contribution in [0.15, 0.2) is 54.6 Å². The fourth-order valence-corrected chi connectivity index (χ4v) is 4.21. The molecule has 4 unspecified atom stereocenters. The number of amides is 2. The molecule has 0 bridgehead atoms. The molecule has 1 saturated carbocycles. The highest BCUT2D eigenvalue weighted by atomic mass is 16.5. The first-order valence-corrected chi connectivity index (χ1v) is 13.0. The smallest absolute Gasteiger partial charge is 0.237 e. The Balaban J connectivity index is 1.66. The number of carbonyl (C=O) groups is 2. The van der Waals surface area contributed by atoms with E-state index in [1.165, 1.54) is 0 Å². The van der Waals surface area contributed by atoms with Gasteiger partial charge in [0, 0.05) is 6.54 Å². The fourth-order valence-electron chi connectivity index (χ4n) is 4.21. The van der Waals surface area contributed by atoms with Crippen molar-refractivity contribution in [2.45, 2.75) is 70.9 Å². The molecule has 1 fully saturated rings. The Bertz CT molecular complexity index is 928. The number of carbonyl (C=O) groups excluding carboxylic acids is 2. The Morgan fingerprint density at radius 1 is 1.00 bits per heavy atom. The molecule has 0 radical (unpaired) electrons. The zero-order chi connectivity index (χ0) is 25.2. The number of rotatable bonds is 14. The number of ether oxygens (including phenoxy) is 1. The van der Waals surface area contributed by atoms with Gasteiger partial charge in [0.05, 0.1) is 24.6 Å². The first-order valence-electron chi connectivity index (χ1n) is 13.0. The Morgan fingerprint density at radius 3 is 2.31 bits per heavy atom. The number of benzene rings is 2. The Labute approximate surface area is 210 Å². The lowest BCUT2D eigenvalue weighted by Crippen LogP contribution is -2.45. The molecule has 0 heterocycles. The maximum atomic E-state index is 13.1. The zero-order valence-electron chi connectivity index (χ0n) is 21.3. The number of nitrogens with one attached hydrogen (secondary N) is 2. The molecule has 4 N–H and O–H groups in total. The quantitative estimate of drug-likeness (QED) is 0.366. The summed E-state index contributed by atoms with van der Waals surface area (Å²) in [5.74, 6) is 1.31. The molecule has 6 heteroatoms. The lowest BCUT2D eigenvalue weighted by molar-refractivity contribution is -0.125. The van der Waals surface area contributed by atoms with Gasteiger partial charge in [0.15, 0.2) is 0 Å². The van der Waals surface area contributed by atoms with Crippen LogP contribution in [0.1, 0.15) is 76.0 Å². The maximum absolute atomic E-state index is 13.1. The van der Waals surface area contributed by atoms with Crippen LogP contribution in [-0.2, 0) is 9.59 Å². The van der Waals surface area contributed by atoms with E-state index in [2.05, 4.69) is 24.5 Å². The molecule has 35 heavy (non-hydrogen) atoms. The molecule has 2 amide bonds. The van der Waals surface area contributed by atoms with Crippen molar-refractivity contribution in [3.05, 3.63) is 65.7 Å². The second-order valence-electron chi connectivity index (χ2n) is 10.00. The van der Waals surface area contributed by atoms with E-state index < -0.39 is 6.04 Å². The first-order chi connectivity index (χ1) is 16.9. The van der Waals surface area contributed by atoms with Crippen LogP contribution in [0.5, 0.6) is 5.75 Å². The highest BCUT2D eigenvalue weighted by Gasteiger charge is 2.28. The average molecular weight is 480 g/mol. The van der Waals surface area contributed by atoms with Gasteiger partial charge in [-0.1, -0.05) is 75.6 Å². The van der Waals surface area contributed by atoms with Crippen molar-refractivity contribution in [2.24, 2.45) is 17.6 Å². The van der Waals surface area contributed by atoms with Crippen molar-refractivity contribution in [1.29, 1.82) is 0 Å². The monoisotopic (exact) mass is 479 g/mol. The van der Waals surface area contributed by atoms with Crippen molar-refractivity contribution in [3.63, 3.8) is 0 Å². The minimum absolute atomic E-state index is 0.0913. The van der Waals surface area contributed by atoms with Crippen LogP contribution < -0.4 is 21.1 Å². The molecule has 1 aliphatic carbocycles. The lowest BCUT2D eigenvalue weighted by atomic mass is 9.99. The summed E-state index contributed by atoms with van der Waals surface area (Å²) in [5, 5.41) is 6.09. The molecule has 0 aromatic heterocycles. The molecule has 190 valence electrons. The summed E-state index contributed by atoms with van der Waals surface area (Å²) in [7, 11) is 0. The van der Waals surface area contributed by atoms with Crippen LogP contribution in [0.3, 0.4) is 0 Å². The van der Waals surface area contributed by atoms with Crippen LogP contribution in [0.25, 0.3) is 0 Å². The van der Waals surface area contributed by atoms with Gasteiger partial charge in [-0.25, -0.2) is 0 Å². The lowest BCUT2D eigenvalue weighted by Gasteiger charge is -2.23. The largest absolute Gasteiger partial charge is 0.493 e. The minimum atomic E-state index is -0.511. The van der Waals surface area contributed by atoms with Crippen molar-refractivity contribution in [3.8, 4) is 5.75 Å². The molecule has 0 spiro atoms. The summed E-state index contributed by atoms with van der Waals surface area (Å²) in [6.45, 7) is 7.21. The van der Waals surface area contributed by atoms with Crippen LogP contribution in [-0.4, -0.2) is 31.0 Å². The van der Waals surface area contributed by atoms with Gasteiger partial charge in [0.2, 0.25) is 11.8 Å². The topological polar surface area (TPSA) is 93.4 Å². The third-order valence-electron chi connectivity index (χ3n) is 6.71.